The molecule has 3 N–H and O–H groups in total. The van der Waals surface area contributed by atoms with Crippen LogP contribution in [0.2, 0.25) is 0 Å². The Morgan fingerprint density at radius 1 is 1.20 bits per heavy atom. The molecule has 106 valence electrons. The third kappa shape index (κ3) is 3.38. The lowest BCUT2D eigenvalue weighted by Crippen LogP contribution is -2.22. The first kappa shape index (κ1) is 15.0. The van der Waals surface area contributed by atoms with Crippen LogP contribution in [0.25, 0.3) is 0 Å². The van der Waals surface area contributed by atoms with Gasteiger partial charge in [0.15, 0.2) is 0 Å². The second-order valence-electron chi connectivity index (χ2n) is 4.92. The Morgan fingerprint density at radius 2 is 1.95 bits per heavy atom. The first-order valence-electron chi connectivity index (χ1n) is 6.50. The van der Waals surface area contributed by atoms with Crippen LogP contribution in [0.5, 0.6) is 0 Å². The fraction of sp³-hybridized carbons (Fsp3) is 0.250. The molecule has 0 bridgehead atoms. The monoisotopic (exact) mass is 336 g/mol. The molecule has 2 aromatic rings. The zero-order valence-corrected chi connectivity index (χ0v) is 13.2. The molecule has 0 saturated carbocycles. The molecule has 2 aromatic carbocycles. The highest BCUT2D eigenvalue weighted by Gasteiger charge is 2.14. The minimum atomic E-state index is -0.242. The summed E-state index contributed by atoms with van der Waals surface area (Å²) in [5.74, 6) is -0.242. The van der Waals surface area contributed by atoms with Gasteiger partial charge in [-0.1, -0.05) is 12.1 Å². The highest BCUT2D eigenvalue weighted by Crippen LogP contribution is 2.28. The van der Waals surface area contributed by atoms with Crippen LogP contribution in [0.15, 0.2) is 40.9 Å². The van der Waals surface area contributed by atoms with E-state index in [9.17, 15) is 4.39 Å². The van der Waals surface area contributed by atoms with Gasteiger partial charge in [0, 0.05) is 16.7 Å². The molecule has 0 aliphatic heterocycles. The van der Waals surface area contributed by atoms with Crippen molar-refractivity contribution in [1.82, 2.24) is 0 Å². The van der Waals surface area contributed by atoms with Gasteiger partial charge in [0.2, 0.25) is 0 Å². The Kier molecular flexibility index (Phi) is 4.78. The van der Waals surface area contributed by atoms with Gasteiger partial charge in [-0.3, -0.25) is 0 Å². The van der Waals surface area contributed by atoms with Crippen LogP contribution in [0.1, 0.15) is 22.7 Å². The molecule has 0 aliphatic rings. The Balaban J connectivity index is 2.33. The molecule has 2 nitrogen and oxygen atoms in total. The summed E-state index contributed by atoms with van der Waals surface area (Å²) in [5.41, 5.74) is 9.89. The Morgan fingerprint density at radius 3 is 2.65 bits per heavy atom. The van der Waals surface area contributed by atoms with E-state index in [4.69, 9.17) is 5.73 Å². The van der Waals surface area contributed by atoms with Crippen LogP contribution in [0.4, 0.5) is 10.1 Å². The summed E-state index contributed by atoms with van der Waals surface area (Å²) in [6, 6.07) is 10.7. The molecule has 0 radical (unpaired) electrons. The van der Waals surface area contributed by atoms with Crippen molar-refractivity contribution in [2.75, 3.05) is 11.9 Å². The van der Waals surface area contributed by atoms with E-state index in [1.54, 1.807) is 12.1 Å². The molecular formula is C16H18BrFN2. The van der Waals surface area contributed by atoms with E-state index in [2.05, 4.69) is 21.2 Å². The number of benzene rings is 2. The van der Waals surface area contributed by atoms with E-state index in [1.165, 1.54) is 6.07 Å². The minimum absolute atomic E-state index is 0.121. The molecule has 4 heteroatoms. The molecule has 0 heterocycles. The lowest BCUT2D eigenvalue weighted by molar-refractivity contribution is 0.621. The highest BCUT2D eigenvalue weighted by molar-refractivity contribution is 9.10. The quantitative estimate of drug-likeness (QED) is 0.872. The van der Waals surface area contributed by atoms with Crippen molar-refractivity contribution in [2.24, 2.45) is 5.73 Å². The van der Waals surface area contributed by atoms with Gasteiger partial charge >= 0.3 is 0 Å². The van der Waals surface area contributed by atoms with Crippen LogP contribution in [-0.4, -0.2) is 6.54 Å². The van der Waals surface area contributed by atoms with Crippen molar-refractivity contribution in [3.05, 3.63) is 63.4 Å². The van der Waals surface area contributed by atoms with E-state index in [0.717, 1.165) is 26.9 Å². The number of rotatable bonds is 4. The lowest BCUT2D eigenvalue weighted by atomic mass is 10.0. The van der Waals surface area contributed by atoms with E-state index in [-0.39, 0.29) is 11.9 Å². The van der Waals surface area contributed by atoms with Crippen molar-refractivity contribution >= 4 is 21.6 Å². The second kappa shape index (κ2) is 6.37. The largest absolute Gasteiger partial charge is 0.376 e. The summed E-state index contributed by atoms with van der Waals surface area (Å²) in [5, 5.41) is 3.38. The fourth-order valence-corrected chi connectivity index (χ4v) is 2.55. The van der Waals surface area contributed by atoms with Gasteiger partial charge in [-0.05, 0) is 70.7 Å². The van der Waals surface area contributed by atoms with Crippen LogP contribution < -0.4 is 11.1 Å². The van der Waals surface area contributed by atoms with Gasteiger partial charge in [0.05, 0.1) is 6.04 Å². The van der Waals surface area contributed by atoms with Gasteiger partial charge in [-0.2, -0.15) is 0 Å². The van der Waals surface area contributed by atoms with Gasteiger partial charge in [0.1, 0.15) is 5.82 Å². The number of nitrogens with one attached hydrogen (secondary N) is 1. The van der Waals surface area contributed by atoms with Crippen LogP contribution in [-0.2, 0) is 0 Å². The Bertz CT molecular complexity index is 613. The van der Waals surface area contributed by atoms with E-state index in [0.29, 0.717) is 6.54 Å². The third-order valence-electron chi connectivity index (χ3n) is 3.30. The summed E-state index contributed by atoms with van der Waals surface area (Å²) in [6.45, 7) is 4.39. The number of halogens is 2. The number of aryl methyl sites for hydroxylation is 2. The first-order chi connectivity index (χ1) is 9.51. The second-order valence-corrected chi connectivity index (χ2v) is 5.77. The topological polar surface area (TPSA) is 38.0 Å². The average Bonchev–Trinajstić information content (AvgIpc) is 2.42. The molecular weight excluding hydrogens is 319 g/mol. The van der Waals surface area contributed by atoms with Crippen molar-refractivity contribution in [2.45, 2.75) is 19.9 Å². The summed E-state index contributed by atoms with van der Waals surface area (Å²) in [7, 11) is 0. The molecule has 2 rings (SSSR count). The maximum absolute atomic E-state index is 13.4. The highest BCUT2D eigenvalue weighted by atomic mass is 79.9. The molecule has 1 atom stereocenters. The maximum Gasteiger partial charge on any atom is 0.123 e. The van der Waals surface area contributed by atoms with E-state index < -0.39 is 0 Å². The van der Waals surface area contributed by atoms with Gasteiger partial charge < -0.3 is 11.1 Å². The molecule has 20 heavy (non-hydrogen) atoms. The Labute approximate surface area is 127 Å². The minimum Gasteiger partial charge on any atom is -0.376 e. The molecule has 0 spiro atoms. The Hall–Kier alpha value is -1.39. The molecule has 0 aliphatic carbocycles. The van der Waals surface area contributed by atoms with Gasteiger partial charge in [0.25, 0.3) is 0 Å². The fourth-order valence-electron chi connectivity index (χ4n) is 2.19. The van der Waals surface area contributed by atoms with E-state index >= 15 is 0 Å². The lowest BCUT2D eigenvalue weighted by Gasteiger charge is -2.21. The summed E-state index contributed by atoms with van der Waals surface area (Å²) in [6.07, 6.45) is 0. The predicted molar refractivity (Wildman–Crippen MR) is 85.4 cm³/mol. The number of hydrogen-bond donors (Lipinski definition) is 2. The van der Waals surface area contributed by atoms with Crippen LogP contribution >= 0.6 is 15.9 Å². The normalized spacial score (nSPS) is 12.2. The number of anilines is 1. The first-order valence-corrected chi connectivity index (χ1v) is 7.29. The maximum atomic E-state index is 13.4. The molecule has 0 fully saturated rings. The average molecular weight is 337 g/mol. The van der Waals surface area contributed by atoms with Gasteiger partial charge in [-0.25, -0.2) is 4.39 Å². The predicted octanol–water partition coefficient (Wildman–Crippen LogP) is 4.32. The van der Waals surface area contributed by atoms with E-state index in [1.807, 2.05) is 32.0 Å². The summed E-state index contributed by atoms with van der Waals surface area (Å²) >= 11 is 3.52. The van der Waals surface area contributed by atoms with Crippen molar-refractivity contribution in [3.63, 3.8) is 0 Å². The summed E-state index contributed by atoms with van der Waals surface area (Å²) in [4.78, 5) is 0. The van der Waals surface area contributed by atoms with Crippen LogP contribution in [0, 0.1) is 19.7 Å². The standard InChI is InChI=1S/C16H18BrFN2/c1-10-3-6-14(17)15(7-10)20-16(9-19)13-8-12(18)5-4-11(13)2/h3-8,16,20H,9,19H2,1-2H3. The zero-order chi connectivity index (χ0) is 14.7. The van der Waals surface area contributed by atoms with Gasteiger partial charge in [-0.15, -0.1) is 0 Å². The van der Waals surface area contributed by atoms with Crippen LogP contribution in [0.3, 0.4) is 0 Å². The zero-order valence-electron chi connectivity index (χ0n) is 11.6. The summed E-state index contributed by atoms with van der Waals surface area (Å²) < 4.78 is 14.4. The van der Waals surface area contributed by atoms with Crippen molar-refractivity contribution in [1.29, 1.82) is 0 Å². The number of nitrogens with two attached hydrogens (primary N) is 1. The molecule has 0 aromatic heterocycles. The smallest absolute Gasteiger partial charge is 0.123 e. The van der Waals surface area contributed by atoms with Crippen molar-refractivity contribution in [3.8, 4) is 0 Å². The molecule has 0 amide bonds. The third-order valence-corrected chi connectivity index (χ3v) is 4.00. The SMILES string of the molecule is Cc1ccc(Br)c(NC(CN)c2cc(F)ccc2C)c1. The number of hydrogen-bond acceptors (Lipinski definition) is 2. The van der Waals surface area contributed by atoms with Crippen molar-refractivity contribution < 1.29 is 4.39 Å². The molecule has 0 saturated heterocycles. The molecule has 1 unspecified atom stereocenters.